The smallest absolute Gasteiger partial charge is 0.146 e. The molecule has 1 N–H and O–H groups in total. The highest BCUT2D eigenvalue weighted by molar-refractivity contribution is 9.10. The van der Waals surface area contributed by atoms with Gasteiger partial charge in [0.25, 0.3) is 0 Å². The van der Waals surface area contributed by atoms with E-state index in [0.29, 0.717) is 28.6 Å². The SMILES string of the molecule is C=C/C=C\c1ncc(OC(=C)/C(C)=c2/[nH]c(CC)c(Br)/c2=C(/C)Oc2cccc(C#N)c2)cc1C. The molecule has 1 aromatic carbocycles. The minimum Gasteiger partial charge on any atom is -0.461 e. The largest absolute Gasteiger partial charge is 0.461 e. The van der Waals surface area contributed by atoms with Crippen LogP contribution in [0.1, 0.15) is 43.3 Å². The Balaban J connectivity index is 2.04. The lowest BCUT2D eigenvalue weighted by Crippen LogP contribution is -2.30. The summed E-state index contributed by atoms with van der Waals surface area (Å²) in [6.07, 6.45) is 7.94. The number of allylic oxidation sites excluding steroid dienone is 3. The van der Waals surface area contributed by atoms with Crippen LogP contribution in [-0.4, -0.2) is 9.97 Å². The van der Waals surface area contributed by atoms with E-state index in [-0.39, 0.29) is 0 Å². The maximum absolute atomic E-state index is 9.20. The third kappa shape index (κ3) is 6.00. The van der Waals surface area contributed by atoms with E-state index in [0.717, 1.165) is 44.0 Å². The van der Waals surface area contributed by atoms with E-state index in [1.807, 2.05) is 45.1 Å². The molecule has 0 saturated heterocycles. The first-order valence-electron chi connectivity index (χ1n) is 11.2. The molecule has 0 aliphatic heterocycles. The predicted molar refractivity (Wildman–Crippen MR) is 145 cm³/mol. The Morgan fingerprint density at radius 2 is 2.00 bits per heavy atom. The van der Waals surface area contributed by atoms with Gasteiger partial charge in [-0.05, 0) is 79.0 Å². The van der Waals surface area contributed by atoms with Crippen LogP contribution in [0, 0.1) is 18.3 Å². The summed E-state index contributed by atoms with van der Waals surface area (Å²) in [6, 6.07) is 11.2. The third-order valence-electron chi connectivity index (χ3n) is 5.47. The molecule has 6 heteroatoms. The van der Waals surface area contributed by atoms with Gasteiger partial charge in [0.15, 0.2) is 0 Å². The van der Waals surface area contributed by atoms with Crippen LogP contribution in [-0.2, 0) is 6.42 Å². The van der Waals surface area contributed by atoms with Crippen molar-refractivity contribution >= 4 is 33.3 Å². The molecule has 0 radical (unpaired) electrons. The highest BCUT2D eigenvalue weighted by atomic mass is 79.9. The van der Waals surface area contributed by atoms with Crippen molar-refractivity contribution in [3.05, 3.63) is 105 Å². The van der Waals surface area contributed by atoms with E-state index in [4.69, 9.17) is 9.47 Å². The van der Waals surface area contributed by atoms with E-state index in [1.165, 1.54) is 0 Å². The maximum Gasteiger partial charge on any atom is 0.146 e. The fraction of sp³-hybridized carbons (Fsp3) is 0.172. The van der Waals surface area contributed by atoms with Gasteiger partial charge in [-0.2, -0.15) is 5.26 Å². The summed E-state index contributed by atoms with van der Waals surface area (Å²) in [7, 11) is 0. The lowest BCUT2D eigenvalue weighted by Gasteiger charge is -2.11. The van der Waals surface area contributed by atoms with E-state index in [9.17, 15) is 5.26 Å². The number of aryl methyl sites for hydroxylation is 2. The zero-order valence-electron chi connectivity index (χ0n) is 20.4. The van der Waals surface area contributed by atoms with Gasteiger partial charge in [-0.25, -0.2) is 0 Å². The average Bonchev–Trinajstić information content (AvgIpc) is 3.19. The number of nitrogens with one attached hydrogen (secondary N) is 1. The number of nitrogens with zero attached hydrogens (tertiary/aromatic N) is 2. The topological polar surface area (TPSA) is 70.9 Å². The zero-order valence-corrected chi connectivity index (χ0v) is 22.0. The number of ether oxygens (including phenoxy) is 2. The van der Waals surface area contributed by atoms with Crippen LogP contribution in [0.15, 0.2) is 72.1 Å². The monoisotopic (exact) mass is 529 g/mol. The molecule has 5 nitrogen and oxygen atoms in total. The fourth-order valence-electron chi connectivity index (χ4n) is 3.55. The standard InChI is InChI=1S/C29H28BrN3O2/c1-7-9-13-26-18(3)14-24(17-32-26)34-20(5)19(4)29-27(28(30)25(8-2)33-29)21(6)35-23-12-10-11-22(15-23)16-31/h7,9-15,17,33H,1,5,8H2,2-4,6H3/b13-9-,27-21+,29-19+. The van der Waals surface area contributed by atoms with Crippen molar-refractivity contribution < 1.29 is 9.47 Å². The molecule has 3 rings (SSSR count). The number of rotatable bonds is 8. The summed E-state index contributed by atoms with van der Waals surface area (Å²) in [5.74, 6) is 2.38. The second kappa shape index (κ2) is 11.5. The summed E-state index contributed by atoms with van der Waals surface area (Å²) < 4.78 is 13.1. The molecule has 178 valence electrons. The van der Waals surface area contributed by atoms with E-state index in [1.54, 1.807) is 30.5 Å². The van der Waals surface area contributed by atoms with Crippen molar-refractivity contribution in [1.82, 2.24) is 9.97 Å². The van der Waals surface area contributed by atoms with Crippen molar-refractivity contribution in [3.63, 3.8) is 0 Å². The lowest BCUT2D eigenvalue weighted by molar-refractivity contribution is 0.447. The van der Waals surface area contributed by atoms with Crippen molar-refractivity contribution in [2.75, 3.05) is 0 Å². The number of benzene rings is 1. The van der Waals surface area contributed by atoms with Gasteiger partial charge in [-0.15, -0.1) is 0 Å². The number of aromatic amines is 1. The van der Waals surface area contributed by atoms with Gasteiger partial charge >= 0.3 is 0 Å². The van der Waals surface area contributed by atoms with Crippen molar-refractivity contribution in [3.8, 4) is 17.6 Å². The van der Waals surface area contributed by atoms with Crippen LogP contribution in [0.2, 0.25) is 0 Å². The van der Waals surface area contributed by atoms with Crippen molar-refractivity contribution in [2.24, 2.45) is 0 Å². The van der Waals surface area contributed by atoms with E-state index >= 15 is 0 Å². The second-order valence-corrected chi connectivity index (χ2v) is 8.73. The molecule has 0 unspecified atom stereocenters. The van der Waals surface area contributed by atoms with Crippen LogP contribution in [0.3, 0.4) is 0 Å². The second-order valence-electron chi connectivity index (χ2n) is 7.94. The van der Waals surface area contributed by atoms with Gasteiger partial charge in [0.1, 0.15) is 23.0 Å². The molecule has 0 aliphatic rings. The van der Waals surface area contributed by atoms with Crippen molar-refractivity contribution in [1.29, 1.82) is 5.26 Å². The normalized spacial score (nSPS) is 12.7. The van der Waals surface area contributed by atoms with Gasteiger partial charge in [-0.3, -0.25) is 4.98 Å². The Labute approximate surface area is 214 Å². The van der Waals surface area contributed by atoms with Gasteiger partial charge in [-0.1, -0.05) is 38.3 Å². The minimum atomic E-state index is 0.498. The van der Waals surface area contributed by atoms with Gasteiger partial charge in [0.05, 0.1) is 34.1 Å². The summed E-state index contributed by atoms with van der Waals surface area (Å²) in [4.78, 5) is 7.95. The van der Waals surface area contributed by atoms with Crippen LogP contribution in [0.25, 0.3) is 17.4 Å². The molecular weight excluding hydrogens is 502 g/mol. The molecule has 0 bridgehead atoms. The molecule has 0 atom stereocenters. The van der Waals surface area contributed by atoms with Crippen molar-refractivity contribution in [2.45, 2.75) is 34.1 Å². The number of hydrogen-bond acceptors (Lipinski definition) is 4. The average molecular weight is 530 g/mol. The number of halogens is 1. The lowest BCUT2D eigenvalue weighted by atomic mass is 10.2. The molecular formula is C29H28BrN3O2. The summed E-state index contributed by atoms with van der Waals surface area (Å²) in [6.45, 7) is 15.8. The van der Waals surface area contributed by atoms with Gasteiger partial charge < -0.3 is 14.5 Å². The molecule has 0 saturated carbocycles. The number of H-pyrrole nitrogens is 1. The van der Waals surface area contributed by atoms with Gasteiger partial charge in [0.2, 0.25) is 0 Å². The molecule has 2 aromatic heterocycles. The molecule has 0 spiro atoms. The molecule has 3 aromatic rings. The van der Waals surface area contributed by atoms with Gasteiger partial charge in [0, 0.05) is 15.7 Å². The molecule has 0 aliphatic carbocycles. The Kier molecular flexibility index (Phi) is 8.51. The predicted octanol–water partition coefficient (Wildman–Crippen LogP) is 6.08. The van der Waals surface area contributed by atoms with Crippen LogP contribution in [0.4, 0.5) is 0 Å². The van der Waals surface area contributed by atoms with Crippen LogP contribution < -0.4 is 20.0 Å². The molecule has 0 fully saturated rings. The summed E-state index contributed by atoms with van der Waals surface area (Å²) in [5.41, 5.74) is 4.25. The van der Waals surface area contributed by atoms with E-state index in [2.05, 4.69) is 52.0 Å². The Bertz CT molecular complexity index is 1470. The quantitative estimate of drug-likeness (QED) is 0.283. The Morgan fingerprint density at radius 3 is 2.66 bits per heavy atom. The molecule has 0 amide bonds. The first-order valence-corrected chi connectivity index (χ1v) is 12.0. The first-order chi connectivity index (χ1) is 16.8. The summed E-state index contributed by atoms with van der Waals surface area (Å²) >= 11 is 3.74. The molecule has 2 heterocycles. The summed E-state index contributed by atoms with van der Waals surface area (Å²) in [5, 5.41) is 10.9. The first kappa shape index (κ1) is 25.8. The highest BCUT2D eigenvalue weighted by Gasteiger charge is 2.13. The highest BCUT2D eigenvalue weighted by Crippen LogP contribution is 2.21. The van der Waals surface area contributed by atoms with Crippen LogP contribution in [0.5, 0.6) is 11.5 Å². The number of pyridine rings is 1. The fourth-order valence-corrected chi connectivity index (χ4v) is 4.41. The maximum atomic E-state index is 9.20. The zero-order chi connectivity index (χ0) is 25.5. The molecule has 35 heavy (non-hydrogen) atoms. The Morgan fingerprint density at radius 1 is 1.23 bits per heavy atom. The van der Waals surface area contributed by atoms with E-state index < -0.39 is 0 Å². The third-order valence-corrected chi connectivity index (χ3v) is 6.34. The van der Waals surface area contributed by atoms with Crippen LogP contribution >= 0.6 is 15.9 Å². The Hall–Kier alpha value is -3.82. The number of nitriles is 1. The minimum absolute atomic E-state index is 0.498. The number of aromatic nitrogens is 2. The number of hydrogen-bond donors (Lipinski definition) is 1.